The predicted octanol–water partition coefficient (Wildman–Crippen LogP) is 3.49. The van der Waals surface area contributed by atoms with E-state index < -0.39 is 21.8 Å². The Kier molecular flexibility index (Phi) is 4.90. The smallest absolute Gasteiger partial charge is 0.345 e. The van der Waals surface area contributed by atoms with E-state index in [-0.39, 0.29) is 11.9 Å². The van der Waals surface area contributed by atoms with Gasteiger partial charge in [0.25, 0.3) is 5.91 Å². The van der Waals surface area contributed by atoms with Gasteiger partial charge in [0.2, 0.25) is 10.0 Å². The van der Waals surface area contributed by atoms with Crippen LogP contribution in [-0.2, 0) is 22.6 Å². The van der Waals surface area contributed by atoms with Crippen LogP contribution in [0.1, 0.15) is 39.5 Å². The zero-order valence-electron chi connectivity index (χ0n) is 14.3. The lowest BCUT2D eigenvalue weighted by molar-refractivity contribution is -0.137. The molecule has 0 spiro atoms. The summed E-state index contributed by atoms with van der Waals surface area (Å²) in [4.78, 5) is 12.4. The Balaban J connectivity index is 1.71. The lowest BCUT2D eigenvalue weighted by Gasteiger charge is -2.15. The minimum Gasteiger partial charge on any atom is -0.345 e. The van der Waals surface area contributed by atoms with Gasteiger partial charge in [-0.25, -0.2) is 8.42 Å². The lowest BCUT2D eigenvalue weighted by atomic mass is 10.0. The number of halogens is 3. The monoisotopic (exact) mass is 398 g/mol. The van der Waals surface area contributed by atoms with E-state index >= 15 is 0 Å². The molecule has 0 bridgehead atoms. The zero-order valence-corrected chi connectivity index (χ0v) is 15.1. The van der Waals surface area contributed by atoms with Crippen molar-refractivity contribution in [2.45, 2.75) is 25.1 Å². The Morgan fingerprint density at radius 2 is 1.78 bits per heavy atom. The molecule has 1 aliphatic rings. The molecule has 9 heteroatoms. The van der Waals surface area contributed by atoms with Crippen LogP contribution < -0.4 is 10.0 Å². The average molecular weight is 398 g/mol. The highest BCUT2D eigenvalue weighted by Gasteiger charge is 2.33. The predicted molar refractivity (Wildman–Crippen MR) is 94.9 cm³/mol. The molecule has 0 unspecified atom stereocenters. The van der Waals surface area contributed by atoms with Gasteiger partial charge in [0.05, 0.1) is 17.9 Å². The summed E-state index contributed by atoms with van der Waals surface area (Å²) in [6.45, 7) is 0. The second-order valence-corrected chi connectivity index (χ2v) is 8.18. The van der Waals surface area contributed by atoms with Crippen molar-refractivity contribution in [2.75, 3.05) is 11.0 Å². The van der Waals surface area contributed by atoms with Crippen LogP contribution in [0, 0.1) is 0 Å². The Bertz CT molecular complexity index is 970. The van der Waals surface area contributed by atoms with Crippen LogP contribution >= 0.6 is 0 Å². The van der Waals surface area contributed by atoms with Crippen LogP contribution in [0.4, 0.5) is 18.9 Å². The van der Waals surface area contributed by atoms with Crippen LogP contribution in [0.15, 0.2) is 42.5 Å². The first-order valence-electron chi connectivity index (χ1n) is 8.12. The van der Waals surface area contributed by atoms with Gasteiger partial charge in [-0.3, -0.25) is 9.52 Å². The molecular formula is C18H17F3N2O3S. The Hall–Kier alpha value is -2.55. The molecule has 2 aromatic carbocycles. The first-order chi connectivity index (χ1) is 12.5. The highest BCUT2D eigenvalue weighted by Crippen LogP contribution is 2.36. The zero-order chi connectivity index (χ0) is 19.8. The Labute approximate surface area is 154 Å². The van der Waals surface area contributed by atoms with Crippen LogP contribution in [0.3, 0.4) is 0 Å². The number of carbonyl (C=O) groups is 1. The summed E-state index contributed by atoms with van der Waals surface area (Å²) >= 11 is 0. The number of hydrogen-bond donors (Lipinski definition) is 2. The maximum Gasteiger partial charge on any atom is 0.416 e. The highest BCUT2D eigenvalue weighted by molar-refractivity contribution is 7.92. The van der Waals surface area contributed by atoms with Crippen LogP contribution in [-0.4, -0.2) is 20.6 Å². The van der Waals surface area contributed by atoms with E-state index in [1.165, 1.54) is 30.3 Å². The molecule has 0 saturated carbocycles. The molecule has 144 valence electrons. The van der Waals surface area contributed by atoms with Crippen molar-refractivity contribution < 1.29 is 26.4 Å². The number of fused-ring (bicyclic) bond motifs is 1. The van der Waals surface area contributed by atoms with Crippen molar-refractivity contribution >= 4 is 21.6 Å². The van der Waals surface area contributed by atoms with E-state index in [9.17, 15) is 26.4 Å². The topological polar surface area (TPSA) is 75.3 Å². The standard InChI is InChI=1S/C18H17F3N2O3S/c1-27(25,26)23-14-6-2-11(3-7-14)17(24)22-16-9-4-12-10-13(18(19,20)21)5-8-15(12)16/h2-3,5-8,10,16,23H,4,9H2,1H3,(H,22,24)/t16-/m1/s1. The van der Waals surface area contributed by atoms with Gasteiger partial charge in [-0.1, -0.05) is 6.07 Å². The van der Waals surface area contributed by atoms with Crippen LogP contribution in [0.25, 0.3) is 0 Å². The third-order valence-electron chi connectivity index (χ3n) is 4.30. The third kappa shape index (κ3) is 4.60. The molecule has 1 amide bonds. The van der Waals surface area contributed by atoms with Crippen molar-refractivity contribution in [2.24, 2.45) is 0 Å². The van der Waals surface area contributed by atoms with Crippen LogP contribution in [0.2, 0.25) is 0 Å². The molecule has 0 fully saturated rings. The number of amides is 1. The number of alkyl halides is 3. The number of anilines is 1. The summed E-state index contributed by atoms with van der Waals surface area (Å²) in [5.41, 5.74) is 1.24. The number of hydrogen-bond acceptors (Lipinski definition) is 3. The molecule has 0 heterocycles. The molecule has 0 aromatic heterocycles. The number of rotatable bonds is 4. The third-order valence-corrected chi connectivity index (χ3v) is 4.91. The van der Waals surface area contributed by atoms with Crippen molar-refractivity contribution in [3.63, 3.8) is 0 Å². The average Bonchev–Trinajstić information content (AvgIpc) is 2.95. The molecule has 2 N–H and O–H groups in total. The van der Waals surface area contributed by atoms with Gasteiger partial charge in [0.15, 0.2) is 0 Å². The van der Waals surface area contributed by atoms with Crippen molar-refractivity contribution in [3.8, 4) is 0 Å². The highest BCUT2D eigenvalue weighted by atomic mass is 32.2. The van der Waals surface area contributed by atoms with Crippen LogP contribution in [0.5, 0.6) is 0 Å². The van der Waals surface area contributed by atoms with Gasteiger partial charge >= 0.3 is 6.18 Å². The molecule has 1 atom stereocenters. The normalized spacial score (nSPS) is 16.7. The SMILES string of the molecule is CS(=O)(=O)Nc1ccc(C(=O)N[C@@H]2CCc3cc(C(F)(F)F)ccc32)cc1. The van der Waals surface area contributed by atoms with E-state index in [4.69, 9.17) is 0 Å². The maximum atomic E-state index is 12.8. The molecule has 0 saturated heterocycles. The van der Waals surface area contributed by atoms with E-state index in [0.29, 0.717) is 35.2 Å². The summed E-state index contributed by atoms with van der Waals surface area (Å²) in [7, 11) is -3.41. The fourth-order valence-electron chi connectivity index (χ4n) is 3.09. The molecular weight excluding hydrogens is 381 g/mol. The summed E-state index contributed by atoms with van der Waals surface area (Å²) in [6.07, 6.45) is -2.38. The molecule has 0 radical (unpaired) electrons. The second-order valence-electron chi connectivity index (χ2n) is 6.43. The quantitative estimate of drug-likeness (QED) is 0.828. The van der Waals surface area contributed by atoms with Gasteiger partial charge < -0.3 is 5.32 Å². The molecule has 27 heavy (non-hydrogen) atoms. The minimum atomic E-state index is -4.39. The van der Waals surface area contributed by atoms with Crippen molar-refractivity contribution in [1.29, 1.82) is 0 Å². The van der Waals surface area contributed by atoms with Gasteiger partial charge in [0, 0.05) is 11.3 Å². The second kappa shape index (κ2) is 6.88. The number of carbonyl (C=O) groups excluding carboxylic acids is 1. The molecule has 1 aliphatic carbocycles. The van der Waals surface area contributed by atoms with Gasteiger partial charge in [-0.15, -0.1) is 0 Å². The van der Waals surface area contributed by atoms with E-state index in [0.717, 1.165) is 18.4 Å². The summed E-state index contributed by atoms with van der Waals surface area (Å²) in [6, 6.07) is 9.10. The number of sulfonamides is 1. The molecule has 0 aliphatic heterocycles. The maximum absolute atomic E-state index is 12.8. The number of nitrogens with one attached hydrogen (secondary N) is 2. The minimum absolute atomic E-state index is 0.328. The summed E-state index contributed by atoms with van der Waals surface area (Å²) < 4.78 is 63.1. The largest absolute Gasteiger partial charge is 0.416 e. The fourth-order valence-corrected chi connectivity index (χ4v) is 3.65. The summed E-state index contributed by atoms with van der Waals surface area (Å²) in [5, 5.41) is 2.82. The van der Waals surface area contributed by atoms with Crippen molar-refractivity contribution in [1.82, 2.24) is 5.32 Å². The van der Waals surface area contributed by atoms with E-state index in [1.807, 2.05) is 0 Å². The van der Waals surface area contributed by atoms with E-state index in [2.05, 4.69) is 10.0 Å². The molecule has 3 rings (SSSR count). The van der Waals surface area contributed by atoms with E-state index in [1.54, 1.807) is 0 Å². The summed E-state index contributed by atoms with van der Waals surface area (Å²) in [5.74, 6) is -0.376. The lowest BCUT2D eigenvalue weighted by Crippen LogP contribution is -2.27. The molecule has 2 aromatic rings. The Morgan fingerprint density at radius 3 is 2.37 bits per heavy atom. The van der Waals surface area contributed by atoms with Crippen molar-refractivity contribution in [3.05, 3.63) is 64.7 Å². The molecule has 5 nitrogen and oxygen atoms in total. The number of benzene rings is 2. The first-order valence-corrected chi connectivity index (χ1v) is 10.0. The van der Waals surface area contributed by atoms with Gasteiger partial charge in [0.1, 0.15) is 0 Å². The van der Waals surface area contributed by atoms with Gasteiger partial charge in [-0.05, 0) is 60.4 Å². The number of aryl methyl sites for hydroxylation is 1. The Morgan fingerprint density at radius 1 is 1.11 bits per heavy atom. The first kappa shape index (κ1) is 19.2. The van der Waals surface area contributed by atoms with Gasteiger partial charge in [-0.2, -0.15) is 13.2 Å². The fraction of sp³-hybridized carbons (Fsp3) is 0.278.